The summed E-state index contributed by atoms with van der Waals surface area (Å²) >= 11 is 3.37. The van der Waals surface area contributed by atoms with Crippen molar-refractivity contribution in [1.82, 2.24) is 0 Å². The van der Waals surface area contributed by atoms with Gasteiger partial charge in [-0.15, -0.1) is 0 Å². The Labute approximate surface area is 133 Å². The van der Waals surface area contributed by atoms with Gasteiger partial charge in [0.05, 0.1) is 0 Å². The van der Waals surface area contributed by atoms with Gasteiger partial charge in [-0.05, 0) is 55.3 Å². The fourth-order valence-corrected chi connectivity index (χ4v) is 2.20. The quantitative estimate of drug-likeness (QED) is 0.861. The van der Waals surface area contributed by atoms with Crippen LogP contribution in [0.15, 0.2) is 53.0 Å². The van der Waals surface area contributed by atoms with Crippen molar-refractivity contribution in [3.05, 3.63) is 58.6 Å². The Morgan fingerprint density at radius 3 is 2.57 bits per heavy atom. The first-order valence-electron chi connectivity index (χ1n) is 6.88. The lowest BCUT2D eigenvalue weighted by molar-refractivity contribution is -0.122. The molecular weight excluding hydrogens is 330 g/mol. The number of ether oxygens (including phenoxy) is 1. The van der Waals surface area contributed by atoms with Crippen LogP contribution in [0, 0.1) is 6.92 Å². The largest absolute Gasteiger partial charge is 0.481 e. The highest BCUT2D eigenvalue weighted by atomic mass is 79.9. The van der Waals surface area contributed by atoms with Crippen molar-refractivity contribution in [2.45, 2.75) is 26.4 Å². The Bertz CT molecular complexity index is 610. The molecule has 0 aromatic heterocycles. The van der Waals surface area contributed by atoms with Gasteiger partial charge in [-0.25, -0.2) is 0 Å². The molecule has 0 spiro atoms. The van der Waals surface area contributed by atoms with E-state index in [2.05, 4.69) is 21.2 Å². The molecule has 0 aliphatic rings. The van der Waals surface area contributed by atoms with Crippen LogP contribution in [0.4, 0.5) is 5.69 Å². The Kier molecular flexibility index (Phi) is 5.39. The maximum absolute atomic E-state index is 12.3. The van der Waals surface area contributed by atoms with E-state index in [1.165, 1.54) is 0 Å². The molecule has 4 heteroatoms. The van der Waals surface area contributed by atoms with Gasteiger partial charge in [-0.3, -0.25) is 4.79 Å². The first-order valence-corrected chi connectivity index (χ1v) is 7.67. The van der Waals surface area contributed by atoms with Crippen molar-refractivity contribution in [2.75, 3.05) is 5.32 Å². The second-order valence-corrected chi connectivity index (χ2v) is 5.74. The molecule has 1 unspecified atom stereocenters. The molecule has 0 bridgehead atoms. The van der Waals surface area contributed by atoms with Crippen LogP contribution >= 0.6 is 15.9 Å². The minimum atomic E-state index is -0.504. The van der Waals surface area contributed by atoms with E-state index in [4.69, 9.17) is 4.74 Å². The van der Waals surface area contributed by atoms with Crippen molar-refractivity contribution < 1.29 is 9.53 Å². The lowest BCUT2D eigenvalue weighted by Gasteiger charge is -2.17. The molecule has 0 aliphatic heterocycles. The zero-order valence-corrected chi connectivity index (χ0v) is 13.7. The molecule has 0 radical (unpaired) electrons. The van der Waals surface area contributed by atoms with E-state index in [0.29, 0.717) is 12.2 Å². The average molecular weight is 348 g/mol. The van der Waals surface area contributed by atoms with Crippen molar-refractivity contribution in [3.63, 3.8) is 0 Å². The third-order valence-corrected chi connectivity index (χ3v) is 3.57. The number of hydrogen-bond donors (Lipinski definition) is 1. The summed E-state index contributed by atoms with van der Waals surface area (Å²) in [4.78, 5) is 12.3. The molecule has 1 amide bonds. The number of carbonyl (C=O) groups excluding carboxylic acids is 1. The number of carbonyl (C=O) groups is 1. The zero-order valence-electron chi connectivity index (χ0n) is 12.1. The summed E-state index contributed by atoms with van der Waals surface area (Å²) < 4.78 is 6.76. The monoisotopic (exact) mass is 347 g/mol. The van der Waals surface area contributed by atoms with E-state index in [0.717, 1.165) is 15.7 Å². The molecule has 1 N–H and O–H groups in total. The number of anilines is 1. The number of amides is 1. The van der Waals surface area contributed by atoms with Crippen molar-refractivity contribution in [3.8, 4) is 5.75 Å². The zero-order chi connectivity index (χ0) is 15.2. The van der Waals surface area contributed by atoms with E-state index in [1.807, 2.05) is 62.4 Å². The van der Waals surface area contributed by atoms with Crippen molar-refractivity contribution in [2.24, 2.45) is 0 Å². The van der Waals surface area contributed by atoms with Crippen LogP contribution in [0.1, 0.15) is 18.9 Å². The van der Waals surface area contributed by atoms with Crippen LogP contribution in [0.5, 0.6) is 5.75 Å². The Morgan fingerprint density at radius 2 is 1.95 bits per heavy atom. The number of hydrogen-bond acceptors (Lipinski definition) is 2. The van der Waals surface area contributed by atoms with E-state index < -0.39 is 6.10 Å². The molecule has 1 atom stereocenters. The molecule has 0 saturated heterocycles. The van der Waals surface area contributed by atoms with Crippen LogP contribution in [0.2, 0.25) is 0 Å². The first kappa shape index (κ1) is 15.6. The van der Waals surface area contributed by atoms with Gasteiger partial charge in [0.15, 0.2) is 6.10 Å². The number of rotatable bonds is 5. The molecular formula is C17H18BrNO2. The third kappa shape index (κ3) is 4.60. The molecule has 21 heavy (non-hydrogen) atoms. The summed E-state index contributed by atoms with van der Waals surface area (Å²) in [5.41, 5.74) is 1.87. The lowest BCUT2D eigenvalue weighted by Crippen LogP contribution is -2.32. The summed E-state index contributed by atoms with van der Waals surface area (Å²) in [6.07, 6.45) is 0.103. The number of halogens is 1. The van der Waals surface area contributed by atoms with Crippen LogP contribution < -0.4 is 10.1 Å². The number of aryl methyl sites for hydroxylation is 1. The van der Waals surface area contributed by atoms with E-state index in [1.54, 1.807) is 0 Å². The van der Waals surface area contributed by atoms with Crippen molar-refractivity contribution in [1.29, 1.82) is 0 Å². The molecule has 2 aromatic rings. The Morgan fingerprint density at radius 1 is 1.24 bits per heavy atom. The highest BCUT2D eigenvalue weighted by molar-refractivity contribution is 9.10. The minimum absolute atomic E-state index is 0.138. The average Bonchev–Trinajstić information content (AvgIpc) is 2.47. The van der Waals surface area contributed by atoms with Gasteiger partial charge in [0.25, 0.3) is 5.91 Å². The number of benzene rings is 2. The first-order chi connectivity index (χ1) is 10.1. The number of nitrogens with one attached hydrogen (secondary N) is 1. The van der Waals surface area contributed by atoms with Gasteiger partial charge in [0.2, 0.25) is 0 Å². The molecule has 2 aromatic carbocycles. The van der Waals surface area contributed by atoms with Crippen LogP contribution in [-0.2, 0) is 4.79 Å². The molecule has 0 saturated carbocycles. The highest BCUT2D eigenvalue weighted by Crippen LogP contribution is 2.18. The molecule has 0 aliphatic carbocycles. The fourth-order valence-electron chi connectivity index (χ4n) is 1.93. The SMILES string of the molecule is CCC(Oc1cccc(C)c1)C(=O)Nc1ccc(Br)cc1. The Balaban J connectivity index is 2.03. The second kappa shape index (κ2) is 7.27. The normalized spacial score (nSPS) is 11.8. The maximum atomic E-state index is 12.3. The van der Waals surface area contributed by atoms with Crippen LogP contribution in [0.25, 0.3) is 0 Å². The topological polar surface area (TPSA) is 38.3 Å². The predicted molar refractivity (Wildman–Crippen MR) is 88.7 cm³/mol. The summed E-state index contributed by atoms with van der Waals surface area (Å²) in [5.74, 6) is 0.578. The van der Waals surface area contributed by atoms with E-state index >= 15 is 0 Å². The van der Waals surface area contributed by atoms with Crippen LogP contribution in [-0.4, -0.2) is 12.0 Å². The Hall–Kier alpha value is -1.81. The summed E-state index contributed by atoms with van der Waals surface area (Å²) in [5, 5.41) is 2.87. The second-order valence-electron chi connectivity index (χ2n) is 4.83. The molecule has 3 nitrogen and oxygen atoms in total. The lowest BCUT2D eigenvalue weighted by atomic mass is 10.2. The minimum Gasteiger partial charge on any atom is -0.481 e. The summed E-state index contributed by atoms with van der Waals surface area (Å²) in [7, 11) is 0. The van der Waals surface area contributed by atoms with Gasteiger partial charge < -0.3 is 10.1 Å². The summed E-state index contributed by atoms with van der Waals surface area (Å²) in [6.45, 7) is 3.93. The van der Waals surface area contributed by atoms with Crippen LogP contribution in [0.3, 0.4) is 0 Å². The maximum Gasteiger partial charge on any atom is 0.265 e. The van der Waals surface area contributed by atoms with Gasteiger partial charge in [-0.1, -0.05) is 35.0 Å². The van der Waals surface area contributed by atoms with Gasteiger partial charge in [0, 0.05) is 10.2 Å². The summed E-state index contributed by atoms with van der Waals surface area (Å²) in [6, 6.07) is 15.2. The standard InChI is InChI=1S/C17H18BrNO2/c1-3-16(21-15-6-4-5-12(2)11-15)17(20)19-14-9-7-13(18)8-10-14/h4-11,16H,3H2,1-2H3,(H,19,20). The van der Waals surface area contributed by atoms with Gasteiger partial charge in [0.1, 0.15) is 5.75 Å². The van der Waals surface area contributed by atoms with Gasteiger partial charge in [-0.2, -0.15) is 0 Å². The van der Waals surface area contributed by atoms with Crippen molar-refractivity contribution >= 4 is 27.5 Å². The molecule has 110 valence electrons. The molecule has 0 fully saturated rings. The smallest absolute Gasteiger partial charge is 0.265 e. The molecule has 0 heterocycles. The highest BCUT2D eigenvalue weighted by Gasteiger charge is 2.18. The van der Waals surface area contributed by atoms with Gasteiger partial charge >= 0.3 is 0 Å². The predicted octanol–water partition coefficient (Wildman–Crippen LogP) is 4.55. The van der Waals surface area contributed by atoms with E-state index in [9.17, 15) is 4.79 Å². The fraction of sp³-hybridized carbons (Fsp3) is 0.235. The molecule has 2 rings (SSSR count). The third-order valence-electron chi connectivity index (χ3n) is 3.04. The van der Waals surface area contributed by atoms with E-state index in [-0.39, 0.29) is 5.91 Å².